The van der Waals surface area contributed by atoms with Crippen LogP contribution in [0.4, 0.5) is 13.2 Å². The lowest BCUT2D eigenvalue weighted by Crippen LogP contribution is -2.09. The molecule has 0 atom stereocenters. The zero-order chi connectivity index (χ0) is 13.3. The van der Waals surface area contributed by atoms with Gasteiger partial charge in [-0.2, -0.15) is 23.5 Å². The first-order valence-corrected chi connectivity index (χ1v) is 4.93. The van der Waals surface area contributed by atoms with Crippen LogP contribution in [0.15, 0.2) is 24.4 Å². The van der Waals surface area contributed by atoms with Crippen LogP contribution in [0.3, 0.4) is 0 Å². The zero-order valence-electron chi connectivity index (χ0n) is 9.23. The van der Waals surface area contributed by atoms with Crippen LogP contribution in [0.1, 0.15) is 17.0 Å². The maximum atomic E-state index is 12.4. The van der Waals surface area contributed by atoms with Crippen LogP contribution in [0.2, 0.25) is 0 Å². The maximum absolute atomic E-state index is 12.4. The van der Waals surface area contributed by atoms with E-state index in [4.69, 9.17) is 5.26 Å². The predicted molar refractivity (Wildman–Crippen MR) is 55.8 cm³/mol. The van der Waals surface area contributed by atoms with E-state index >= 15 is 0 Å². The smallest absolute Gasteiger partial charge is 0.233 e. The van der Waals surface area contributed by atoms with Crippen LogP contribution < -0.4 is 0 Å². The molecule has 0 N–H and O–H groups in total. The molecule has 92 valence electrons. The van der Waals surface area contributed by atoms with Crippen molar-refractivity contribution in [2.45, 2.75) is 13.1 Å². The number of rotatable bonds is 1. The molecule has 0 aromatic carbocycles. The molecule has 0 spiro atoms. The highest BCUT2D eigenvalue weighted by Gasteiger charge is 2.33. The van der Waals surface area contributed by atoms with E-state index in [2.05, 4.69) is 10.1 Å². The van der Waals surface area contributed by atoms with Crippen molar-refractivity contribution in [3.63, 3.8) is 0 Å². The van der Waals surface area contributed by atoms with Crippen LogP contribution in [0.25, 0.3) is 5.82 Å². The minimum atomic E-state index is -4.51. The Bertz CT molecular complexity index is 622. The predicted octanol–water partition coefficient (Wildman–Crippen LogP) is 2.47. The van der Waals surface area contributed by atoms with E-state index in [9.17, 15) is 13.2 Å². The molecule has 2 aromatic rings. The number of aryl methyl sites for hydroxylation is 1. The Kier molecular flexibility index (Phi) is 2.79. The lowest BCUT2D eigenvalue weighted by molar-refractivity contribution is -0.141. The second kappa shape index (κ2) is 4.14. The molecule has 2 aromatic heterocycles. The molecule has 4 nitrogen and oxygen atoms in total. The average Bonchev–Trinajstić information content (AvgIpc) is 2.77. The molecule has 0 bridgehead atoms. The fraction of sp³-hybridized carbons (Fsp3) is 0.182. The number of aromatic nitrogens is 3. The van der Waals surface area contributed by atoms with E-state index in [1.54, 1.807) is 13.0 Å². The van der Waals surface area contributed by atoms with Crippen molar-refractivity contribution < 1.29 is 13.2 Å². The van der Waals surface area contributed by atoms with E-state index in [0.717, 1.165) is 16.9 Å². The van der Waals surface area contributed by atoms with Gasteiger partial charge in [-0.05, 0) is 25.1 Å². The zero-order valence-corrected chi connectivity index (χ0v) is 9.23. The summed E-state index contributed by atoms with van der Waals surface area (Å²) in [7, 11) is 0. The van der Waals surface area contributed by atoms with Gasteiger partial charge in [0, 0.05) is 11.9 Å². The van der Waals surface area contributed by atoms with Crippen molar-refractivity contribution in [3.8, 4) is 11.9 Å². The standard InChI is InChI=1S/C11H7F3N4/c1-7-2-3-8(6-15)10(16-7)18-5-4-9(17-18)11(12,13)14/h2-5H,1H3. The van der Waals surface area contributed by atoms with Gasteiger partial charge in [-0.3, -0.25) is 0 Å². The van der Waals surface area contributed by atoms with Gasteiger partial charge in [0.05, 0.1) is 5.56 Å². The van der Waals surface area contributed by atoms with Gasteiger partial charge in [-0.1, -0.05) is 0 Å². The first kappa shape index (κ1) is 12.1. The summed E-state index contributed by atoms with van der Waals surface area (Å²) in [6, 6.07) is 5.80. The Morgan fingerprint density at radius 1 is 1.28 bits per heavy atom. The highest BCUT2D eigenvalue weighted by atomic mass is 19.4. The molecule has 0 aliphatic heterocycles. The number of halogens is 3. The minimum Gasteiger partial charge on any atom is -0.233 e. The summed E-state index contributed by atoms with van der Waals surface area (Å²) < 4.78 is 38.2. The summed E-state index contributed by atoms with van der Waals surface area (Å²) in [5.41, 5.74) is -0.264. The van der Waals surface area contributed by atoms with Crippen molar-refractivity contribution >= 4 is 0 Å². The van der Waals surface area contributed by atoms with Gasteiger partial charge in [-0.15, -0.1) is 0 Å². The van der Waals surface area contributed by atoms with Crippen molar-refractivity contribution in [1.29, 1.82) is 5.26 Å². The molecule has 0 aliphatic rings. The van der Waals surface area contributed by atoms with Gasteiger partial charge in [0.1, 0.15) is 6.07 Å². The number of pyridine rings is 1. The van der Waals surface area contributed by atoms with E-state index < -0.39 is 11.9 Å². The third-order valence-corrected chi connectivity index (χ3v) is 2.23. The van der Waals surface area contributed by atoms with Crippen LogP contribution in [0, 0.1) is 18.3 Å². The lowest BCUT2D eigenvalue weighted by atomic mass is 10.2. The van der Waals surface area contributed by atoms with Crippen molar-refractivity contribution in [2.75, 3.05) is 0 Å². The SMILES string of the molecule is Cc1ccc(C#N)c(-n2ccc(C(F)(F)F)n2)n1. The molecule has 0 aliphatic carbocycles. The first-order chi connectivity index (χ1) is 8.41. The lowest BCUT2D eigenvalue weighted by Gasteiger charge is -2.04. The molecule has 0 fully saturated rings. The van der Waals surface area contributed by atoms with Crippen molar-refractivity contribution in [2.24, 2.45) is 0 Å². The second-order valence-corrected chi connectivity index (χ2v) is 3.58. The van der Waals surface area contributed by atoms with E-state index in [-0.39, 0.29) is 11.4 Å². The largest absolute Gasteiger partial charge is 0.435 e. The monoisotopic (exact) mass is 252 g/mol. The number of alkyl halides is 3. The van der Waals surface area contributed by atoms with E-state index in [1.165, 1.54) is 6.07 Å². The van der Waals surface area contributed by atoms with Gasteiger partial charge in [0.15, 0.2) is 11.5 Å². The second-order valence-electron chi connectivity index (χ2n) is 3.58. The van der Waals surface area contributed by atoms with E-state index in [0.29, 0.717) is 5.69 Å². The highest BCUT2D eigenvalue weighted by molar-refractivity contribution is 5.43. The van der Waals surface area contributed by atoms with Crippen LogP contribution in [-0.2, 0) is 6.18 Å². The minimum absolute atomic E-state index is 0.0907. The number of hydrogen-bond acceptors (Lipinski definition) is 3. The molecule has 0 unspecified atom stereocenters. The summed E-state index contributed by atoms with van der Waals surface area (Å²) in [5.74, 6) is 0.0907. The highest BCUT2D eigenvalue weighted by Crippen LogP contribution is 2.28. The third-order valence-electron chi connectivity index (χ3n) is 2.23. The topological polar surface area (TPSA) is 54.5 Å². The Labute approximate surface area is 100 Å². The van der Waals surface area contributed by atoms with Crippen molar-refractivity contribution in [3.05, 3.63) is 41.3 Å². The van der Waals surface area contributed by atoms with Gasteiger partial charge in [0.25, 0.3) is 0 Å². The Balaban J connectivity index is 2.53. The molecular formula is C11H7F3N4. The summed E-state index contributed by atoms with van der Waals surface area (Å²) in [4.78, 5) is 4.02. The number of hydrogen-bond donors (Lipinski definition) is 0. The number of nitriles is 1. The van der Waals surface area contributed by atoms with Gasteiger partial charge in [-0.25, -0.2) is 9.67 Å². The molecule has 18 heavy (non-hydrogen) atoms. The summed E-state index contributed by atoms with van der Waals surface area (Å²) in [6.07, 6.45) is -3.38. The molecule has 2 rings (SSSR count). The quantitative estimate of drug-likeness (QED) is 0.783. The molecule has 0 radical (unpaired) electrons. The van der Waals surface area contributed by atoms with Crippen LogP contribution in [-0.4, -0.2) is 14.8 Å². The van der Waals surface area contributed by atoms with Gasteiger partial charge >= 0.3 is 6.18 Å². The maximum Gasteiger partial charge on any atom is 0.435 e. The summed E-state index contributed by atoms with van der Waals surface area (Å²) in [6.45, 7) is 1.68. The molecule has 0 saturated heterocycles. The fourth-order valence-corrected chi connectivity index (χ4v) is 1.40. The average molecular weight is 252 g/mol. The van der Waals surface area contributed by atoms with Crippen molar-refractivity contribution in [1.82, 2.24) is 14.8 Å². The number of nitrogens with zero attached hydrogens (tertiary/aromatic N) is 4. The molecule has 0 amide bonds. The van der Waals surface area contributed by atoms with Gasteiger partial charge in [0.2, 0.25) is 0 Å². The van der Waals surface area contributed by atoms with Crippen LogP contribution in [0.5, 0.6) is 0 Å². The third kappa shape index (κ3) is 2.18. The molecule has 2 heterocycles. The summed E-state index contributed by atoms with van der Waals surface area (Å²) in [5, 5.41) is 12.3. The Morgan fingerprint density at radius 2 is 2.00 bits per heavy atom. The molecule has 0 saturated carbocycles. The van der Waals surface area contributed by atoms with E-state index in [1.807, 2.05) is 6.07 Å². The fourth-order valence-electron chi connectivity index (χ4n) is 1.40. The molecule has 7 heteroatoms. The van der Waals surface area contributed by atoms with Crippen LogP contribution >= 0.6 is 0 Å². The normalized spacial score (nSPS) is 11.3. The molecular weight excluding hydrogens is 245 g/mol. The first-order valence-electron chi connectivity index (χ1n) is 4.93. The summed E-state index contributed by atoms with van der Waals surface area (Å²) >= 11 is 0. The van der Waals surface area contributed by atoms with Gasteiger partial charge < -0.3 is 0 Å². The Morgan fingerprint density at radius 3 is 2.56 bits per heavy atom. The Hall–Kier alpha value is -2.36.